The van der Waals surface area contributed by atoms with Crippen LogP contribution in [0.5, 0.6) is 0 Å². The summed E-state index contributed by atoms with van der Waals surface area (Å²) >= 11 is 0. The van der Waals surface area contributed by atoms with Gasteiger partial charge in [0.1, 0.15) is 0 Å². The summed E-state index contributed by atoms with van der Waals surface area (Å²) in [6.45, 7) is 2.28. The van der Waals surface area contributed by atoms with E-state index in [0.717, 1.165) is 12.5 Å². The minimum Gasteiger partial charge on any atom is -0.313 e. The van der Waals surface area contributed by atoms with E-state index in [-0.39, 0.29) is 0 Å². The molecule has 0 aromatic rings. The Labute approximate surface area is 102 Å². The second-order valence-corrected chi connectivity index (χ2v) is 5.47. The van der Waals surface area contributed by atoms with Crippen molar-refractivity contribution in [3.63, 3.8) is 0 Å². The first-order chi connectivity index (χ1) is 8.42. The van der Waals surface area contributed by atoms with Crippen molar-refractivity contribution in [1.82, 2.24) is 10.6 Å². The minimum absolute atomic E-state index is 0.463. The van der Waals surface area contributed by atoms with E-state index in [1.54, 1.807) is 11.1 Å². The van der Waals surface area contributed by atoms with Crippen LogP contribution in [0, 0.1) is 5.92 Å². The maximum atomic E-state index is 3.75. The van der Waals surface area contributed by atoms with Crippen LogP contribution in [-0.2, 0) is 0 Å². The van der Waals surface area contributed by atoms with Crippen LogP contribution >= 0.6 is 0 Å². The molecule has 0 aromatic heterocycles. The van der Waals surface area contributed by atoms with E-state index in [0.29, 0.717) is 12.1 Å². The number of hydrogen-bond acceptors (Lipinski definition) is 2. The van der Waals surface area contributed by atoms with Gasteiger partial charge in [-0.3, -0.25) is 5.32 Å². The monoisotopic (exact) mass is 226 g/mol. The van der Waals surface area contributed by atoms with Crippen LogP contribution in [0.3, 0.4) is 0 Å². The molecule has 0 saturated carbocycles. The van der Waals surface area contributed by atoms with Gasteiger partial charge in [-0.05, 0) is 36.5 Å². The lowest BCUT2D eigenvalue weighted by molar-refractivity contribution is 0.388. The summed E-state index contributed by atoms with van der Waals surface area (Å²) in [5, 5.41) is 7.24. The van der Waals surface area contributed by atoms with Gasteiger partial charge in [0.15, 0.2) is 0 Å². The van der Waals surface area contributed by atoms with Crippen molar-refractivity contribution in [3.8, 4) is 0 Å². The fourth-order valence-corrected chi connectivity index (χ4v) is 3.61. The fourth-order valence-electron chi connectivity index (χ4n) is 3.61. The zero-order chi connectivity index (χ0) is 11.2. The molecule has 4 rings (SSSR count). The lowest BCUT2D eigenvalue weighted by Crippen LogP contribution is -2.39. The number of piperidine rings is 1. The van der Waals surface area contributed by atoms with Crippen LogP contribution in [-0.4, -0.2) is 25.2 Å². The molecule has 4 aliphatic rings. The molecule has 2 aliphatic heterocycles. The number of rotatable bonds is 0. The third-order valence-electron chi connectivity index (χ3n) is 4.50. The Kier molecular flexibility index (Phi) is 2.14. The van der Waals surface area contributed by atoms with Gasteiger partial charge in [-0.25, -0.2) is 0 Å². The van der Waals surface area contributed by atoms with Crippen molar-refractivity contribution in [3.05, 3.63) is 47.1 Å². The maximum Gasteiger partial charge on any atom is 0.0517 e. The van der Waals surface area contributed by atoms with E-state index >= 15 is 0 Å². The van der Waals surface area contributed by atoms with Gasteiger partial charge in [-0.1, -0.05) is 36.0 Å². The second-order valence-electron chi connectivity index (χ2n) is 5.47. The van der Waals surface area contributed by atoms with Gasteiger partial charge < -0.3 is 5.32 Å². The van der Waals surface area contributed by atoms with Crippen molar-refractivity contribution in [1.29, 1.82) is 0 Å². The minimum atomic E-state index is 0.463. The molecule has 1 fully saturated rings. The van der Waals surface area contributed by atoms with E-state index in [1.165, 1.54) is 25.0 Å². The summed E-state index contributed by atoms with van der Waals surface area (Å²) in [7, 11) is 0. The van der Waals surface area contributed by atoms with Crippen molar-refractivity contribution in [2.75, 3.05) is 13.1 Å². The van der Waals surface area contributed by atoms with Gasteiger partial charge >= 0.3 is 0 Å². The molecule has 17 heavy (non-hydrogen) atoms. The van der Waals surface area contributed by atoms with Crippen molar-refractivity contribution in [2.24, 2.45) is 5.92 Å². The van der Waals surface area contributed by atoms with Crippen LogP contribution in [0.25, 0.3) is 0 Å². The lowest BCUT2D eigenvalue weighted by atomic mass is 9.78. The Hall–Kier alpha value is -1.12. The molecule has 2 N–H and O–H groups in total. The highest BCUT2D eigenvalue weighted by Crippen LogP contribution is 2.38. The Balaban J connectivity index is 1.76. The number of allylic oxidation sites excluding steroid dienone is 2. The molecule has 88 valence electrons. The molecule has 0 amide bonds. The Morgan fingerprint density at radius 2 is 2.18 bits per heavy atom. The van der Waals surface area contributed by atoms with Gasteiger partial charge in [-0.15, -0.1) is 0 Å². The fraction of sp³-hybridized carbons (Fsp3) is 0.467. The summed E-state index contributed by atoms with van der Waals surface area (Å²) in [5.74, 6) is 0.811. The molecule has 3 unspecified atom stereocenters. The highest BCUT2D eigenvalue weighted by molar-refractivity contribution is 5.52. The van der Waals surface area contributed by atoms with Gasteiger partial charge in [-0.2, -0.15) is 0 Å². The van der Waals surface area contributed by atoms with E-state index in [1.807, 2.05) is 0 Å². The van der Waals surface area contributed by atoms with Crippen LogP contribution in [0.4, 0.5) is 0 Å². The molecule has 2 aliphatic carbocycles. The quantitative estimate of drug-likeness (QED) is 0.657. The summed E-state index contributed by atoms with van der Waals surface area (Å²) in [5.41, 5.74) is 4.67. The largest absolute Gasteiger partial charge is 0.313 e. The SMILES string of the molecule is C1=CC2=C3C=C4CNCCC4CC3NC2C=C1. The lowest BCUT2D eigenvalue weighted by Gasteiger charge is -2.33. The molecular weight excluding hydrogens is 208 g/mol. The maximum absolute atomic E-state index is 3.75. The smallest absolute Gasteiger partial charge is 0.0517 e. The van der Waals surface area contributed by atoms with Crippen LogP contribution < -0.4 is 10.6 Å². The molecule has 2 heterocycles. The van der Waals surface area contributed by atoms with Crippen LogP contribution in [0.15, 0.2) is 47.1 Å². The Bertz CT molecular complexity index is 467. The van der Waals surface area contributed by atoms with E-state index in [2.05, 4.69) is 41.0 Å². The molecule has 1 saturated heterocycles. The molecule has 3 atom stereocenters. The summed E-state index contributed by atoms with van der Waals surface area (Å²) in [6.07, 6.45) is 13.9. The second kappa shape index (κ2) is 3.69. The highest BCUT2D eigenvalue weighted by atomic mass is 15.0. The van der Waals surface area contributed by atoms with Gasteiger partial charge in [0, 0.05) is 12.6 Å². The standard InChI is InChI=1S/C15H18N2/c1-2-4-14-12(3-1)13-7-11-9-16-6-5-10(11)8-15(13)17-14/h1-4,7,10,14-17H,5-6,8-9H2. The van der Waals surface area contributed by atoms with Gasteiger partial charge in [0.25, 0.3) is 0 Å². The van der Waals surface area contributed by atoms with Gasteiger partial charge in [0.2, 0.25) is 0 Å². The predicted octanol–water partition coefficient (Wildman–Crippen LogP) is 1.69. The van der Waals surface area contributed by atoms with Crippen LogP contribution in [0.2, 0.25) is 0 Å². The summed E-state index contributed by atoms with van der Waals surface area (Å²) in [4.78, 5) is 0. The van der Waals surface area contributed by atoms with E-state index < -0.39 is 0 Å². The van der Waals surface area contributed by atoms with E-state index in [9.17, 15) is 0 Å². The zero-order valence-electron chi connectivity index (χ0n) is 9.95. The summed E-state index contributed by atoms with van der Waals surface area (Å²) in [6, 6.07) is 1.05. The molecule has 0 bridgehead atoms. The van der Waals surface area contributed by atoms with Gasteiger partial charge in [0.05, 0.1) is 6.04 Å². The van der Waals surface area contributed by atoms with E-state index in [4.69, 9.17) is 0 Å². The molecule has 0 spiro atoms. The first-order valence-corrected chi connectivity index (χ1v) is 6.68. The highest BCUT2D eigenvalue weighted by Gasteiger charge is 2.36. The topological polar surface area (TPSA) is 24.1 Å². The molecule has 0 radical (unpaired) electrons. The van der Waals surface area contributed by atoms with Crippen molar-refractivity contribution < 1.29 is 0 Å². The van der Waals surface area contributed by atoms with Crippen LogP contribution in [0.1, 0.15) is 12.8 Å². The molecule has 0 aromatic carbocycles. The Morgan fingerprint density at radius 3 is 3.18 bits per heavy atom. The molecular formula is C15H18N2. The number of nitrogens with one attached hydrogen (secondary N) is 2. The molecule has 2 nitrogen and oxygen atoms in total. The third-order valence-corrected chi connectivity index (χ3v) is 4.50. The predicted molar refractivity (Wildman–Crippen MR) is 69.7 cm³/mol. The van der Waals surface area contributed by atoms with Crippen molar-refractivity contribution >= 4 is 0 Å². The normalized spacial score (nSPS) is 38.6. The number of fused-ring (bicyclic) bond motifs is 3. The average molecular weight is 226 g/mol. The first-order valence-electron chi connectivity index (χ1n) is 6.68. The molecule has 2 heteroatoms. The Morgan fingerprint density at radius 1 is 1.18 bits per heavy atom. The summed E-state index contributed by atoms with van der Waals surface area (Å²) < 4.78 is 0. The average Bonchev–Trinajstić information content (AvgIpc) is 2.73. The third kappa shape index (κ3) is 1.48. The van der Waals surface area contributed by atoms with Crippen molar-refractivity contribution in [2.45, 2.75) is 24.9 Å². The first kappa shape index (κ1) is 9.86. The zero-order valence-corrected chi connectivity index (χ0v) is 9.95. The number of hydrogen-bond donors (Lipinski definition) is 2.